The van der Waals surface area contributed by atoms with Crippen molar-refractivity contribution in [2.75, 3.05) is 43.6 Å². The zero-order chi connectivity index (χ0) is 13.9. The monoisotopic (exact) mass is 308 g/mol. The van der Waals surface area contributed by atoms with Crippen LogP contribution in [0.1, 0.15) is 19.8 Å². The largest absolute Gasteiger partial charge is 0.379 e. The molecule has 0 spiro atoms. The van der Waals surface area contributed by atoms with Crippen molar-refractivity contribution in [2.24, 2.45) is 5.73 Å². The second-order valence-electron chi connectivity index (χ2n) is 5.26. The van der Waals surface area contributed by atoms with Crippen LogP contribution in [0, 0.1) is 0 Å². The van der Waals surface area contributed by atoms with Gasteiger partial charge in [0.15, 0.2) is 9.84 Å². The lowest BCUT2D eigenvalue weighted by atomic mass is 9.90. The van der Waals surface area contributed by atoms with Gasteiger partial charge in [-0.3, -0.25) is 4.90 Å². The Hall–Kier alpha value is 0.180. The average molecular weight is 308 g/mol. The van der Waals surface area contributed by atoms with Gasteiger partial charge in [0.05, 0.1) is 12.1 Å². The van der Waals surface area contributed by atoms with Crippen LogP contribution in [0.2, 0.25) is 0 Å². The summed E-state index contributed by atoms with van der Waals surface area (Å²) in [4.78, 5) is 2.13. The summed E-state index contributed by atoms with van der Waals surface area (Å²) in [6, 6.07) is 0. The minimum absolute atomic E-state index is 0.191. The van der Waals surface area contributed by atoms with Crippen molar-refractivity contribution in [3.05, 3.63) is 0 Å². The summed E-state index contributed by atoms with van der Waals surface area (Å²) >= 11 is 1.72. The number of rotatable bonds is 4. The first kappa shape index (κ1) is 15.6. The molecule has 5 nitrogen and oxygen atoms in total. The molecule has 0 bridgehead atoms. The van der Waals surface area contributed by atoms with E-state index in [1.165, 1.54) is 0 Å². The average Bonchev–Trinajstić information content (AvgIpc) is 2.48. The normalized spacial score (nSPS) is 34.3. The highest BCUT2D eigenvalue weighted by molar-refractivity contribution is 8.01. The molecule has 0 radical (unpaired) electrons. The molecular weight excluding hydrogens is 284 g/mol. The molecule has 0 aromatic carbocycles. The Labute approximate surface area is 120 Å². The summed E-state index contributed by atoms with van der Waals surface area (Å²) in [7, 11) is -3.07. The van der Waals surface area contributed by atoms with Crippen LogP contribution in [0.25, 0.3) is 0 Å². The number of hydrogen-bond donors (Lipinski definition) is 1. The third-order valence-corrected chi connectivity index (χ3v) is 7.48. The van der Waals surface area contributed by atoms with Crippen molar-refractivity contribution in [2.45, 2.75) is 30.7 Å². The Bertz CT molecular complexity index is 394. The van der Waals surface area contributed by atoms with Gasteiger partial charge in [0.25, 0.3) is 0 Å². The first-order valence-corrected chi connectivity index (χ1v) is 9.76. The lowest BCUT2D eigenvalue weighted by molar-refractivity contribution is -0.0470. The number of nitrogens with zero attached hydrogens (tertiary/aromatic N) is 1. The van der Waals surface area contributed by atoms with E-state index in [1.807, 2.05) is 0 Å². The van der Waals surface area contributed by atoms with Crippen molar-refractivity contribution in [1.29, 1.82) is 0 Å². The van der Waals surface area contributed by atoms with Gasteiger partial charge in [-0.25, -0.2) is 8.42 Å². The van der Waals surface area contributed by atoms with E-state index in [0.717, 1.165) is 31.7 Å². The van der Waals surface area contributed by atoms with Crippen molar-refractivity contribution < 1.29 is 13.2 Å². The molecule has 2 N–H and O–H groups in total. The number of thioether (sulfide) groups is 1. The van der Waals surface area contributed by atoms with Gasteiger partial charge in [0.1, 0.15) is 5.37 Å². The topological polar surface area (TPSA) is 72.6 Å². The third-order valence-electron chi connectivity index (χ3n) is 4.19. The van der Waals surface area contributed by atoms with Gasteiger partial charge in [-0.15, -0.1) is 0 Å². The molecule has 2 aliphatic heterocycles. The third kappa shape index (κ3) is 3.10. The minimum Gasteiger partial charge on any atom is -0.379 e. The fourth-order valence-corrected chi connectivity index (χ4v) is 6.05. The van der Waals surface area contributed by atoms with Crippen molar-refractivity contribution >= 4 is 21.6 Å². The van der Waals surface area contributed by atoms with E-state index >= 15 is 0 Å². The van der Waals surface area contributed by atoms with E-state index in [1.54, 1.807) is 18.7 Å². The maximum Gasteiger partial charge on any atom is 0.166 e. The van der Waals surface area contributed by atoms with Crippen LogP contribution in [0.3, 0.4) is 0 Å². The van der Waals surface area contributed by atoms with Gasteiger partial charge >= 0.3 is 0 Å². The molecule has 2 unspecified atom stereocenters. The fraction of sp³-hybridized carbons (Fsp3) is 1.00. The quantitative estimate of drug-likeness (QED) is 0.805. The van der Waals surface area contributed by atoms with E-state index in [0.29, 0.717) is 18.9 Å². The summed E-state index contributed by atoms with van der Waals surface area (Å²) < 4.78 is 30.3. The van der Waals surface area contributed by atoms with E-state index in [2.05, 4.69) is 4.90 Å². The van der Waals surface area contributed by atoms with Crippen LogP contribution >= 0.6 is 11.8 Å². The van der Waals surface area contributed by atoms with E-state index in [4.69, 9.17) is 10.5 Å². The highest BCUT2D eigenvalue weighted by atomic mass is 32.2. The molecule has 2 heterocycles. The van der Waals surface area contributed by atoms with Gasteiger partial charge in [-0.05, 0) is 12.8 Å². The maximum absolute atomic E-state index is 12.3. The SMILES string of the molecule is CCS(=O)(=O)C1CSCCN1C1(CN)CCCOC1. The van der Waals surface area contributed by atoms with Crippen LogP contribution in [0.15, 0.2) is 0 Å². The predicted octanol–water partition coefficient (Wildman–Crippen LogP) is 0.304. The van der Waals surface area contributed by atoms with Gasteiger partial charge in [0, 0.05) is 37.0 Å². The first-order valence-electron chi connectivity index (χ1n) is 6.89. The van der Waals surface area contributed by atoms with E-state index in [-0.39, 0.29) is 11.3 Å². The molecule has 2 saturated heterocycles. The summed E-state index contributed by atoms with van der Waals surface area (Å²) in [5.41, 5.74) is 5.71. The molecule has 7 heteroatoms. The van der Waals surface area contributed by atoms with E-state index < -0.39 is 15.2 Å². The Morgan fingerprint density at radius 1 is 1.53 bits per heavy atom. The molecule has 0 aromatic rings. The lowest BCUT2D eigenvalue weighted by Crippen LogP contribution is -2.65. The Kier molecular flexibility index (Phi) is 5.16. The Balaban J connectivity index is 2.27. The smallest absolute Gasteiger partial charge is 0.166 e. The van der Waals surface area contributed by atoms with Crippen LogP contribution in [-0.4, -0.2) is 67.8 Å². The standard InChI is InChI=1S/C12H24N2O3S2/c1-2-19(15,16)11-8-18-7-5-14(11)12(9-13)4-3-6-17-10-12/h11H,2-10,13H2,1H3. The molecule has 2 fully saturated rings. The number of ether oxygens (including phenoxy) is 1. The van der Waals surface area contributed by atoms with E-state index in [9.17, 15) is 8.42 Å². The van der Waals surface area contributed by atoms with Crippen LogP contribution in [-0.2, 0) is 14.6 Å². The fourth-order valence-electron chi connectivity index (χ4n) is 2.96. The van der Waals surface area contributed by atoms with Crippen molar-refractivity contribution in [3.63, 3.8) is 0 Å². The molecule has 0 saturated carbocycles. The van der Waals surface area contributed by atoms with Gasteiger partial charge in [-0.2, -0.15) is 11.8 Å². The zero-order valence-electron chi connectivity index (χ0n) is 11.5. The van der Waals surface area contributed by atoms with Gasteiger partial charge < -0.3 is 10.5 Å². The first-order chi connectivity index (χ1) is 9.06. The molecule has 2 atom stereocenters. The van der Waals surface area contributed by atoms with Gasteiger partial charge in [-0.1, -0.05) is 6.92 Å². The second kappa shape index (κ2) is 6.30. The highest BCUT2D eigenvalue weighted by Gasteiger charge is 2.46. The number of sulfone groups is 1. The second-order valence-corrected chi connectivity index (χ2v) is 8.86. The molecule has 0 aliphatic carbocycles. The minimum atomic E-state index is -3.07. The molecule has 112 valence electrons. The Morgan fingerprint density at radius 3 is 2.89 bits per heavy atom. The van der Waals surface area contributed by atoms with Crippen LogP contribution < -0.4 is 5.73 Å². The Morgan fingerprint density at radius 2 is 2.32 bits per heavy atom. The summed E-state index contributed by atoms with van der Waals surface area (Å²) in [6.45, 7) is 4.29. The number of hydrogen-bond acceptors (Lipinski definition) is 6. The zero-order valence-corrected chi connectivity index (χ0v) is 13.1. The van der Waals surface area contributed by atoms with Gasteiger partial charge in [0.2, 0.25) is 0 Å². The summed E-state index contributed by atoms with van der Waals surface area (Å²) in [6.07, 6.45) is 1.89. The van der Waals surface area contributed by atoms with Crippen molar-refractivity contribution in [1.82, 2.24) is 4.90 Å². The predicted molar refractivity (Wildman–Crippen MR) is 79.1 cm³/mol. The lowest BCUT2D eigenvalue weighted by Gasteiger charge is -2.50. The molecular formula is C12H24N2O3S2. The summed E-state index contributed by atoms with van der Waals surface area (Å²) in [5, 5.41) is -0.401. The molecule has 19 heavy (non-hydrogen) atoms. The molecule has 0 amide bonds. The highest BCUT2D eigenvalue weighted by Crippen LogP contribution is 2.33. The van der Waals surface area contributed by atoms with Crippen LogP contribution in [0.5, 0.6) is 0 Å². The molecule has 0 aromatic heterocycles. The molecule has 2 rings (SSSR count). The molecule has 2 aliphatic rings. The maximum atomic E-state index is 12.3. The van der Waals surface area contributed by atoms with Crippen LogP contribution in [0.4, 0.5) is 0 Å². The van der Waals surface area contributed by atoms with Crippen molar-refractivity contribution in [3.8, 4) is 0 Å². The summed E-state index contributed by atoms with van der Waals surface area (Å²) in [5.74, 6) is 1.81. The number of nitrogens with two attached hydrogens (primary N) is 1.